The molecule has 7 nitrogen and oxygen atoms in total. The number of anilines is 1. The SMILES string of the molecule is COC(=O)N1CCC(CNC(=O)C(=O)Nc2cccc(C)c2)CC1. The maximum Gasteiger partial charge on any atom is 0.409 e. The Morgan fingerprint density at radius 2 is 1.92 bits per heavy atom. The van der Waals surface area contributed by atoms with Gasteiger partial charge in [-0.1, -0.05) is 12.1 Å². The standard InChI is InChI=1S/C17H23N3O4/c1-12-4-3-5-14(10-12)19-16(22)15(21)18-11-13-6-8-20(9-7-13)17(23)24-2/h3-5,10,13H,6-9,11H2,1-2H3,(H,18,21)(H,19,22). The number of hydrogen-bond donors (Lipinski definition) is 2. The van der Waals surface area contributed by atoms with Crippen LogP contribution in [0.1, 0.15) is 18.4 Å². The average molecular weight is 333 g/mol. The lowest BCUT2D eigenvalue weighted by Gasteiger charge is -2.30. The molecule has 2 N–H and O–H groups in total. The van der Waals surface area contributed by atoms with Gasteiger partial charge in [-0.2, -0.15) is 0 Å². The molecule has 0 spiro atoms. The van der Waals surface area contributed by atoms with Crippen LogP contribution in [0.3, 0.4) is 0 Å². The minimum atomic E-state index is -0.674. The summed E-state index contributed by atoms with van der Waals surface area (Å²) in [6.07, 6.45) is 1.22. The normalized spacial score (nSPS) is 14.8. The first-order chi connectivity index (χ1) is 11.5. The number of rotatable bonds is 3. The zero-order valence-corrected chi connectivity index (χ0v) is 14.0. The lowest BCUT2D eigenvalue weighted by molar-refractivity contribution is -0.136. The average Bonchev–Trinajstić information content (AvgIpc) is 2.59. The van der Waals surface area contributed by atoms with Gasteiger partial charge in [-0.05, 0) is 43.4 Å². The van der Waals surface area contributed by atoms with Crippen molar-refractivity contribution in [2.24, 2.45) is 5.92 Å². The molecule has 1 aromatic carbocycles. The van der Waals surface area contributed by atoms with Gasteiger partial charge in [0.25, 0.3) is 0 Å². The highest BCUT2D eigenvalue weighted by Gasteiger charge is 2.24. The first-order valence-corrected chi connectivity index (χ1v) is 7.98. The molecule has 24 heavy (non-hydrogen) atoms. The first kappa shape index (κ1) is 17.8. The van der Waals surface area contributed by atoms with Crippen molar-refractivity contribution in [1.82, 2.24) is 10.2 Å². The first-order valence-electron chi connectivity index (χ1n) is 7.98. The third kappa shape index (κ3) is 4.97. The fourth-order valence-corrected chi connectivity index (χ4v) is 2.68. The number of nitrogens with zero attached hydrogens (tertiary/aromatic N) is 1. The molecular formula is C17H23N3O4. The minimum Gasteiger partial charge on any atom is -0.453 e. The Labute approximate surface area is 141 Å². The van der Waals surface area contributed by atoms with E-state index in [-0.39, 0.29) is 12.0 Å². The van der Waals surface area contributed by atoms with Crippen LogP contribution in [0.25, 0.3) is 0 Å². The topological polar surface area (TPSA) is 87.7 Å². The molecule has 3 amide bonds. The molecule has 1 aliphatic heterocycles. The van der Waals surface area contributed by atoms with Crippen LogP contribution in [0, 0.1) is 12.8 Å². The highest BCUT2D eigenvalue weighted by molar-refractivity contribution is 6.39. The molecule has 0 radical (unpaired) electrons. The Morgan fingerprint density at radius 1 is 1.21 bits per heavy atom. The molecule has 0 unspecified atom stereocenters. The Balaban J connectivity index is 1.73. The fraction of sp³-hybridized carbons (Fsp3) is 0.471. The number of carbonyl (C=O) groups excluding carboxylic acids is 3. The van der Waals surface area contributed by atoms with Crippen molar-refractivity contribution in [3.8, 4) is 0 Å². The van der Waals surface area contributed by atoms with Gasteiger partial charge in [-0.3, -0.25) is 9.59 Å². The number of hydrogen-bond acceptors (Lipinski definition) is 4. The number of likely N-dealkylation sites (tertiary alicyclic amines) is 1. The maximum absolute atomic E-state index is 11.9. The number of carbonyl (C=O) groups is 3. The fourth-order valence-electron chi connectivity index (χ4n) is 2.68. The van der Waals surface area contributed by atoms with Crippen molar-refractivity contribution in [2.45, 2.75) is 19.8 Å². The van der Waals surface area contributed by atoms with E-state index in [2.05, 4.69) is 15.4 Å². The molecule has 7 heteroatoms. The van der Waals surface area contributed by atoms with Crippen LogP contribution < -0.4 is 10.6 Å². The monoisotopic (exact) mass is 333 g/mol. The summed E-state index contributed by atoms with van der Waals surface area (Å²) in [6, 6.07) is 7.27. The predicted molar refractivity (Wildman–Crippen MR) is 89.5 cm³/mol. The van der Waals surface area contributed by atoms with Crippen LogP contribution in [-0.2, 0) is 14.3 Å². The van der Waals surface area contributed by atoms with E-state index in [1.165, 1.54) is 7.11 Å². The maximum atomic E-state index is 11.9. The predicted octanol–water partition coefficient (Wildman–Crippen LogP) is 1.53. The summed E-state index contributed by atoms with van der Waals surface area (Å²) < 4.78 is 4.68. The van der Waals surface area contributed by atoms with Gasteiger partial charge in [0, 0.05) is 25.3 Å². The smallest absolute Gasteiger partial charge is 0.409 e. The molecule has 1 heterocycles. The molecule has 2 rings (SSSR count). The number of nitrogens with one attached hydrogen (secondary N) is 2. The largest absolute Gasteiger partial charge is 0.453 e. The minimum absolute atomic E-state index is 0.252. The lowest BCUT2D eigenvalue weighted by atomic mass is 9.97. The number of methoxy groups -OCH3 is 1. The molecule has 0 aliphatic carbocycles. The van der Waals surface area contributed by atoms with E-state index in [1.807, 2.05) is 19.1 Å². The van der Waals surface area contributed by atoms with E-state index in [9.17, 15) is 14.4 Å². The van der Waals surface area contributed by atoms with Crippen LogP contribution in [0.4, 0.5) is 10.5 Å². The Kier molecular flexibility index (Phi) is 6.17. The summed E-state index contributed by atoms with van der Waals surface area (Å²) in [6.45, 7) is 3.54. The van der Waals surface area contributed by atoms with Gasteiger partial charge in [0.2, 0.25) is 0 Å². The van der Waals surface area contributed by atoms with E-state index in [4.69, 9.17) is 0 Å². The quantitative estimate of drug-likeness (QED) is 0.821. The van der Waals surface area contributed by atoms with E-state index in [0.29, 0.717) is 25.3 Å². The van der Waals surface area contributed by atoms with E-state index >= 15 is 0 Å². The van der Waals surface area contributed by atoms with Crippen LogP contribution in [0.5, 0.6) is 0 Å². The highest BCUT2D eigenvalue weighted by Crippen LogP contribution is 2.17. The third-order valence-corrected chi connectivity index (χ3v) is 4.08. The molecule has 0 aromatic heterocycles. The molecular weight excluding hydrogens is 310 g/mol. The van der Waals surface area contributed by atoms with Gasteiger partial charge in [-0.25, -0.2) is 4.79 Å². The van der Waals surface area contributed by atoms with Gasteiger partial charge in [-0.15, -0.1) is 0 Å². The lowest BCUT2D eigenvalue weighted by Crippen LogP contribution is -2.43. The zero-order valence-electron chi connectivity index (χ0n) is 14.0. The molecule has 1 fully saturated rings. The van der Waals surface area contributed by atoms with Gasteiger partial charge in [0.15, 0.2) is 0 Å². The van der Waals surface area contributed by atoms with E-state index < -0.39 is 11.8 Å². The van der Waals surface area contributed by atoms with Crippen LogP contribution in [0.15, 0.2) is 24.3 Å². The number of aryl methyl sites for hydroxylation is 1. The molecule has 0 saturated carbocycles. The molecule has 130 valence electrons. The summed E-state index contributed by atoms with van der Waals surface area (Å²) in [5.41, 5.74) is 1.60. The molecule has 1 aromatic rings. The third-order valence-electron chi connectivity index (χ3n) is 4.08. The van der Waals surface area contributed by atoms with E-state index in [1.54, 1.807) is 17.0 Å². The van der Waals surface area contributed by atoms with E-state index in [0.717, 1.165) is 18.4 Å². The van der Waals surface area contributed by atoms with Crippen molar-refractivity contribution in [3.05, 3.63) is 29.8 Å². The van der Waals surface area contributed by atoms with Crippen LogP contribution >= 0.6 is 0 Å². The summed E-state index contributed by atoms with van der Waals surface area (Å²) in [4.78, 5) is 36.8. The van der Waals surface area contributed by atoms with Gasteiger partial charge < -0.3 is 20.3 Å². The second-order valence-corrected chi connectivity index (χ2v) is 5.93. The van der Waals surface area contributed by atoms with Gasteiger partial charge in [0.1, 0.15) is 0 Å². The zero-order chi connectivity index (χ0) is 17.5. The molecule has 0 bridgehead atoms. The molecule has 0 atom stereocenters. The number of benzene rings is 1. The summed E-state index contributed by atoms with van der Waals surface area (Å²) in [7, 11) is 1.36. The molecule has 1 aliphatic rings. The van der Waals surface area contributed by atoms with Crippen molar-refractivity contribution < 1.29 is 19.1 Å². The molecule has 1 saturated heterocycles. The van der Waals surface area contributed by atoms with Crippen molar-refractivity contribution in [2.75, 3.05) is 32.1 Å². The number of ether oxygens (including phenoxy) is 1. The Morgan fingerprint density at radius 3 is 2.54 bits per heavy atom. The second kappa shape index (κ2) is 8.33. The van der Waals surface area contributed by atoms with Crippen LogP contribution in [0.2, 0.25) is 0 Å². The van der Waals surface area contributed by atoms with Crippen LogP contribution in [-0.4, -0.2) is 49.6 Å². The Bertz CT molecular complexity index is 610. The van der Waals surface area contributed by atoms with Crippen molar-refractivity contribution in [1.29, 1.82) is 0 Å². The number of piperidine rings is 1. The number of amides is 3. The summed E-state index contributed by atoms with van der Waals surface area (Å²) in [5, 5.41) is 5.24. The highest BCUT2D eigenvalue weighted by atomic mass is 16.5. The van der Waals surface area contributed by atoms with Crippen molar-refractivity contribution >= 4 is 23.6 Å². The second-order valence-electron chi connectivity index (χ2n) is 5.93. The van der Waals surface area contributed by atoms with Gasteiger partial charge in [0.05, 0.1) is 7.11 Å². The summed E-state index contributed by atoms with van der Waals surface area (Å²) in [5.74, 6) is -1.07. The van der Waals surface area contributed by atoms with Gasteiger partial charge >= 0.3 is 17.9 Å². The summed E-state index contributed by atoms with van der Waals surface area (Å²) >= 11 is 0. The Hall–Kier alpha value is -2.57. The van der Waals surface area contributed by atoms with Crippen molar-refractivity contribution in [3.63, 3.8) is 0 Å².